The fourth-order valence-electron chi connectivity index (χ4n) is 1.85. The summed E-state index contributed by atoms with van der Waals surface area (Å²) < 4.78 is 5.76. The minimum Gasteiger partial charge on any atom is -0.479 e. The van der Waals surface area contributed by atoms with Crippen LogP contribution < -0.4 is 10.5 Å². The van der Waals surface area contributed by atoms with Gasteiger partial charge in [-0.1, -0.05) is 6.92 Å². The molecule has 1 rings (SSSR count). The number of likely N-dealkylation sites (N-methyl/N-ethyl adjacent to an activating group) is 1. The fraction of sp³-hybridized carbons (Fsp3) is 0.600. The van der Waals surface area contributed by atoms with Crippen LogP contribution in [0.3, 0.4) is 0 Å². The first kappa shape index (κ1) is 16.4. The Hall–Kier alpha value is -1.62. The summed E-state index contributed by atoms with van der Waals surface area (Å²) in [5.74, 6) is 0.568. The summed E-state index contributed by atoms with van der Waals surface area (Å²) in [4.78, 5) is 17.9. The SMILES string of the molecule is CCC(N)Cc1nc(C)ccc1OC(C)C(=O)N(C)C. The second-order valence-corrected chi connectivity index (χ2v) is 5.26. The van der Waals surface area contributed by atoms with Gasteiger partial charge in [-0.25, -0.2) is 0 Å². The topological polar surface area (TPSA) is 68.5 Å². The summed E-state index contributed by atoms with van der Waals surface area (Å²) in [5, 5.41) is 0. The van der Waals surface area contributed by atoms with Crippen LogP contribution in [0.2, 0.25) is 0 Å². The molecule has 0 saturated heterocycles. The molecule has 20 heavy (non-hydrogen) atoms. The van der Waals surface area contributed by atoms with Gasteiger partial charge in [-0.2, -0.15) is 0 Å². The Morgan fingerprint density at radius 2 is 2.10 bits per heavy atom. The van der Waals surface area contributed by atoms with Gasteiger partial charge in [-0.3, -0.25) is 9.78 Å². The Morgan fingerprint density at radius 1 is 1.45 bits per heavy atom. The van der Waals surface area contributed by atoms with Gasteiger partial charge in [0.05, 0.1) is 5.69 Å². The van der Waals surface area contributed by atoms with Crippen LogP contribution in [0.25, 0.3) is 0 Å². The van der Waals surface area contributed by atoms with E-state index in [1.54, 1.807) is 21.0 Å². The first-order chi connectivity index (χ1) is 9.35. The fourth-order valence-corrected chi connectivity index (χ4v) is 1.85. The van der Waals surface area contributed by atoms with Crippen molar-refractivity contribution in [3.63, 3.8) is 0 Å². The lowest BCUT2D eigenvalue weighted by atomic mass is 10.1. The third-order valence-electron chi connectivity index (χ3n) is 3.14. The largest absolute Gasteiger partial charge is 0.479 e. The molecule has 0 aliphatic rings. The van der Waals surface area contributed by atoms with Gasteiger partial charge in [0.2, 0.25) is 0 Å². The first-order valence-corrected chi connectivity index (χ1v) is 6.95. The molecular formula is C15H25N3O2. The molecule has 1 heterocycles. The van der Waals surface area contributed by atoms with E-state index in [1.165, 1.54) is 4.90 Å². The van der Waals surface area contributed by atoms with Crippen LogP contribution in [-0.4, -0.2) is 42.0 Å². The molecule has 0 saturated carbocycles. The number of aryl methyl sites for hydroxylation is 1. The molecule has 0 aromatic carbocycles. The highest BCUT2D eigenvalue weighted by Gasteiger charge is 2.19. The zero-order valence-corrected chi connectivity index (χ0v) is 13.0. The van der Waals surface area contributed by atoms with E-state index in [0.29, 0.717) is 12.2 Å². The number of hydrogen-bond acceptors (Lipinski definition) is 4. The molecule has 0 radical (unpaired) electrons. The average molecular weight is 279 g/mol. The zero-order chi connectivity index (χ0) is 15.3. The lowest BCUT2D eigenvalue weighted by Gasteiger charge is -2.20. The maximum atomic E-state index is 11.9. The normalized spacial score (nSPS) is 13.7. The quantitative estimate of drug-likeness (QED) is 0.857. The van der Waals surface area contributed by atoms with Gasteiger partial charge in [0.1, 0.15) is 5.75 Å². The van der Waals surface area contributed by atoms with Gasteiger partial charge in [-0.15, -0.1) is 0 Å². The van der Waals surface area contributed by atoms with Gasteiger partial charge < -0.3 is 15.4 Å². The summed E-state index contributed by atoms with van der Waals surface area (Å²) in [7, 11) is 3.42. The molecule has 0 fully saturated rings. The summed E-state index contributed by atoms with van der Waals surface area (Å²) in [5.41, 5.74) is 7.73. The standard InChI is InChI=1S/C15H25N3O2/c1-6-12(16)9-13-14(8-7-10(2)17-13)20-11(3)15(19)18(4)5/h7-8,11-12H,6,9,16H2,1-5H3. The van der Waals surface area contributed by atoms with E-state index in [1.807, 2.05) is 26.0 Å². The highest BCUT2D eigenvalue weighted by molar-refractivity contribution is 5.80. The molecule has 112 valence electrons. The Balaban J connectivity index is 2.91. The van der Waals surface area contributed by atoms with Crippen molar-refractivity contribution in [3.05, 3.63) is 23.5 Å². The first-order valence-electron chi connectivity index (χ1n) is 6.95. The summed E-state index contributed by atoms with van der Waals surface area (Å²) in [6.45, 7) is 5.71. The number of hydrogen-bond donors (Lipinski definition) is 1. The number of ether oxygens (including phenoxy) is 1. The lowest BCUT2D eigenvalue weighted by Crippen LogP contribution is -2.35. The minimum atomic E-state index is -0.536. The van der Waals surface area contributed by atoms with Crippen molar-refractivity contribution in [2.24, 2.45) is 5.73 Å². The maximum absolute atomic E-state index is 11.9. The van der Waals surface area contributed by atoms with E-state index in [2.05, 4.69) is 4.98 Å². The summed E-state index contributed by atoms with van der Waals surface area (Å²) >= 11 is 0. The van der Waals surface area contributed by atoms with E-state index < -0.39 is 6.10 Å². The molecule has 0 aliphatic carbocycles. The van der Waals surface area contributed by atoms with Crippen LogP contribution in [-0.2, 0) is 11.2 Å². The van der Waals surface area contributed by atoms with Crippen LogP contribution in [0.15, 0.2) is 12.1 Å². The number of amides is 1. The van der Waals surface area contributed by atoms with Crippen LogP contribution in [0.1, 0.15) is 31.7 Å². The molecule has 2 unspecified atom stereocenters. The molecule has 1 amide bonds. The highest BCUT2D eigenvalue weighted by Crippen LogP contribution is 2.20. The van der Waals surface area contributed by atoms with Crippen molar-refractivity contribution in [3.8, 4) is 5.75 Å². The lowest BCUT2D eigenvalue weighted by molar-refractivity contribution is -0.135. The summed E-state index contributed by atoms with van der Waals surface area (Å²) in [6, 6.07) is 3.79. The van der Waals surface area contributed by atoms with Gasteiger partial charge in [0, 0.05) is 32.3 Å². The molecule has 1 aromatic heterocycles. The Kier molecular flexibility index (Phi) is 5.95. The number of aromatic nitrogens is 1. The van der Waals surface area contributed by atoms with Crippen LogP contribution in [0.5, 0.6) is 5.75 Å². The van der Waals surface area contributed by atoms with Crippen LogP contribution >= 0.6 is 0 Å². The van der Waals surface area contributed by atoms with E-state index in [9.17, 15) is 4.79 Å². The number of carbonyl (C=O) groups is 1. The van der Waals surface area contributed by atoms with Crippen molar-refractivity contribution in [2.45, 2.75) is 45.8 Å². The van der Waals surface area contributed by atoms with E-state index >= 15 is 0 Å². The monoisotopic (exact) mass is 279 g/mol. The number of pyridine rings is 1. The minimum absolute atomic E-state index is 0.0477. The second kappa shape index (κ2) is 7.24. The van der Waals surface area contributed by atoms with Gasteiger partial charge in [-0.05, 0) is 32.4 Å². The van der Waals surface area contributed by atoms with Gasteiger partial charge in [0.15, 0.2) is 6.10 Å². The van der Waals surface area contributed by atoms with Crippen molar-refractivity contribution >= 4 is 5.91 Å². The molecule has 5 heteroatoms. The molecule has 1 aromatic rings. The van der Waals surface area contributed by atoms with Crippen molar-refractivity contribution in [1.82, 2.24) is 9.88 Å². The van der Waals surface area contributed by atoms with Crippen molar-refractivity contribution in [1.29, 1.82) is 0 Å². The van der Waals surface area contributed by atoms with Crippen LogP contribution in [0.4, 0.5) is 0 Å². The molecule has 2 atom stereocenters. The van der Waals surface area contributed by atoms with Gasteiger partial charge in [0.25, 0.3) is 5.91 Å². The third kappa shape index (κ3) is 4.49. The molecule has 5 nitrogen and oxygen atoms in total. The average Bonchev–Trinajstić information content (AvgIpc) is 2.40. The second-order valence-electron chi connectivity index (χ2n) is 5.26. The Bertz CT molecular complexity index is 460. The van der Waals surface area contributed by atoms with E-state index in [0.717, 1.165) is 17.8 Å². The van der Waals surface area contributed by atoms with Crippen LogP contribution in [0, 0.1) is 6.92 Å². The predicted molar refractivity (Wildman–Crippen MR) is 79.7 cm³/mol. The predicted octanol–water partition coefficient (Wildman–Crippen LogP) is 1.53. The Labute approximate surface area is 121 Å². The van der Waals surface area contributed by atoms with E-state index in [-0.39, 0.29) is 11.9 Å². The van der Waals surface area contributed by atoms with Crippen molar-refractivity contribution in [2.75, 3.05) is 14.1 Å². The molecule has 0 spiro atoms. The zero-order valence-electron chi connectivity index (χ0n) is 13.0. The molecule has 0 bridgehead atoms. The number of nitrogens with two attached hydrogens (primary N) is 1. The maximum Gasteiger partial charge on any atom is 0.262 e. The summed E-state index contributed by atoms with van der Waals surface area (Å²) in [6.07, 6.45) is 0.989. The molecule has 0 aliphatic heterocycles. The highest BCUT2D eigenvalue weighted by atomic mass is 16.5. The Morgan fingerprint density at radius 3 is 2.65 bits per heavy atom. The number of nitrogens with zero attached hydrogens (tertiary/aromatic N) is 2. The smallest absolute Gasteiger partial charge is 0.262 e. The number of rotatable bonds is 6. The van der Waals surface area contributed by atoms with Crippen molar-refractivity contribution < 1.29 is 9.53 Å². The number of carbonyl (C=O) groups excluding carboxylic acids is 1. The van der Waals surface area contributed by atoms with E-state index in [4.69, 9.17) is 10.5 Å². The molecule has 2 N–H and O–H groups in total. The van der Waals surface area contributed by atoms with Gasteiger partial charge >= 0.3 is 0 Å². The third-order valence-corrected chi connectivity index (χ3v) is 3.14. The molecular weight excluding hydrogens is 254 g/mol.